The average molecular weight is 560 g/mol. The normalized spacial score (nSPS) is 15.9. The van der Waals surface area contributed by atoms with Crippen LogP contribution >= 0.6 is 0 Å². The van der Waals surface area contributed by atoms with Crippen LogP contribution in [0, 0.1) is 23.7 Å². The fourth-order valence-corrected chi connectivity index (χ4v) is 4.97. The number of hydrogen-bond acceptors (Lipinski definition) is 8. The molecular formula is C30H37N7O4. The number of nitriles is 1. The second-order valence-electron chi connectivity index (χ2n) is 12.5. The van der Waals surface area contributed by atoms with Crippen molar-refractivity contribution in [3.05, 3.63) is 59.0 Å². The topological polar surface area (TPSA) is 148 Å². The lowest BCUT2D eigenvalue weighted by atomic mass is 9.84. The first-order valence-electron chi connectivity index (χ1n) is 13.6. The van der Waals surface area contributed by atoms with E-state index < -0.39 is 12.0 Å². The van der Waals surface area contributed by atoms with Gasteiger partial charge in [0.25, 0.3) is 11.7 Å². The summed E-state index contributed by atoms with van der Waals surface area (Å²) in [5.41, 5.74) is 4.00. The highest BCUT2D eigenvalue weighted by Gasteiger charge is 2.38. The van der Waals surface area contributed by atoms with Crippen molar-refractivity contribution >= 4 is 17.7 Å². The van der Waals surface area contributed by atoms with E-state index in [1.54, 1.807) is 12.4 Å². The molecule has 3 aromatic rings. The van der Waals surface area contributed by atoms with Gasteiger partial charge in [-0.2, -0.15) is 10.2 Å². The van der Waals surface area contributed by atoms with E-state index in [1.807, 2.05) is 66.7 Å². The van der Waals surface area contributed by atoms with Gasteiger partial charge in [0.2, 0.25) is 5.89 Å². The molecule has 41 heavy (non-hydrogen) atoms. The van der Waals surface area contributed by atoms with Gasteiger partial charge in [0.05, 0.1) is 23.5 Å². The number of pyridine rings is 1. The van der Waals surface area contributed by atoms with Gasteiger partial charge >= 0.3 is 6.09 Å². The number of amides is 2. The highest BCUT2D eigenvalue weighted by atomic mass is 16.5. The minimum atomic E-state index is -0.930. The summed E-state index contributed by atoms with van der Waals surface area (Å²) in [7, 11) is 0. The third-order valence-corrected chi connectivity index (χ3v) is 7.35. The first kappa shape index (κ1) is 29.5. The van der Waals surface area contributed by atoms with Crippen LogP contribution < -0.4 is 10.2 Å². The molecule has 1 aliphatic rings. The summed E-state index contributed by atoms with van der Waals surface area (Å²) in [6, 6.07) is 7.87. The number of aromatic nitrogens is 3. The van der Waals surface area contributed by atoms with E-state index in [2.05, 4.69) is 31.4 Å². The second kappa shape index (κ2) is 11.2. The molecular weight excluding hydrogens is 522 g/mol. The minimum Gasteiger partial charge on any atom is -0.465 e. The van der Waals surface area contributed by atoms with E-state index >= 15 is 0 Å². The van der Waals surface area contributed by atoms with Crippen LogP contribution in [0.4, 0.5) is 10.5 Å². The fraction of sp³-hybridized carbons (Fsp3) is 0.467. The molecule has 0 saturated carbocycles. The number of piperazine rings is 1. The zero-order valence-electron chi connectivity index (χ0n) is 24.6. The van der Waals surface area contributed by atoms with Crippen LogP contribution in [0.1, 0.15) is 74.7 Å². The summed E-state index contributed by atoms with van der Waals surface area (Å²) < 4.78 is 5.23. The SMILES string of the molecule is Cc1cc(-c2c(C#N)cncc2N2CCN(C(=O)O)C(C(C)(C)C)C2)ccc1CNC(=O)c1noc(C(C)(C)C)n1. The summed E-state index contributed by atoms with van der Waals surface area (Å²) in [6.07, 6.45) is 2.36. The molecule has 4 rings (SSSR count). The highest BCUT2D eigenvalue weighted by Crippen LogP contribution is 2.37. The largest absolute Gasteiger partial charge is 0.465 e. The Morgan fingerprint density at radius 3 is 2.49 bits per heavy atom. The van der Waals surface area contributed by atoms with Crippen LogP contribution in [0.15, 0.2) is 35.1 Å². The van der Waals surface area contributed by atoms with Gasteiger partial charge in [0.15, 0.2) is 0 Å². The molecule has 1 aliphatic heterocycles. The Labute approximate surface area is 240 Å². The molecule has 1 saturated heterocycles. The van der Waals surface area contributed by atoms with Gasteiger partial charge < -0.3 is 24.7 Å². The molecule has 1 unspecified atom stereocenters. The predicted octanol–water partition coefficient (Wildman–Crippen LogP) is 4.75. The Morgan fingerprint density at radius 2 is 1.90 bits per heavy atom. The lowest BCUT2D eigenvalue weighted by Crippen LogP contribution is -2.59. The molecule has 2 aromatic heterocycles. The van der Waals surface area contributed by atoms with E-state index in [1.165, 1.54) is 4.90 Å². The Hall–Kier alpha value is -4.46. The second-order valence-corrected chi connectivity index (χ2v) is 12.5. The summed E-state index contributed by atoms with van der Waals surface area (Å²) >= 11 is 0. The summed E-state index contributed by atoms with van der Waals surface area (Å²) in [5, 5.41) is 26.4. The zero-order chi connectivity index (χ0) is 30.1. The van der Waals surface area contributed by atoms with Crippen molar-refractivity contribution in [3.63, 3.8) is 0 Å². The molecule has 1 fully saturated rings. The highest BCUT2D eigenvalue weighted by molar-refractivity contribution is 5.90. The van der Waals surface area contributed by atoms with Crippen molar-refractivity contribution in [3.8, 4) is 17.2 Å². The maximum absolute atomic E-state index is 12.6. The third kappa shape index (κ3) is 6.32. The number of benzene rings is 1. The van der Waals surface area contributed by atoms with E-state index in [4.69, 9.17) is 4.52 Å². The van der Waals surface area contributed by atoms with E-state index in [9.17, 15) is 20.0 Å². The molecule has 3 heterocycles. The number of anilines is 1. The Bertz CT molecular complexity index is 1490. The first-order chi connectivity index (χ1) is 19.2. The van der Waals surface area contributed by atoms with Crippen LogP contribution in [0.2, 0.25) is 0 Å². The van der Waals surface area contributed by atoms with Crippen LogP contribution in [-0.2, 0) is 12.0 Å². The standard InChI is InChI=1S/C30H37N7O4/c1-18-12-19(8-9-20(18)15-33-26(38)25-34-27(41-35-25)30(5,6)7)24-21(13-31)14-32-16-22(24)36-10-11-37(28(39)40)23(17-36)29(2,3)4/h8-9,12,14,16,23H,10-11,15,17H2,1-7H3,(H,33,38)(H,39,40). The lowest BCUT2D eigenvalue weighted by molar-refractivity contribution is 0.0748. The molecule has 216 valence electrons. The number of rotatable bonds is 5. The number of nitrogens with one attached hydrogen (secondary N) is 1. The monoisotopic (exact) mass is 559 g/mol. The number of carbonyl (C=O) groups excluding carboxylic acids is 1. The van der Waals surface area contributed by atoms with E-state index in [0.717, 1.165) is 27.9 Å². The zero-order valence-corrected chi connectivity index (χ0v) is 24.6. The fourth-order valence-electron chi connectivity index (χ4n) is 4.97. The number of carboxylic acid groups (broad SMARTS) is 1. The molecule has 1 atom stereocenters. The molecule has 0 aliphatic carbocycles. The molecule has 1 aromatic carbocycles. The Morgan fingerprint density at radius 1 is 1.17 bits per heavy atom. The minimum absolute atomic E-state index is 0.0131. The average Bonchev–Trinajstić information content (AvgIpc) is 3.42. The maximum Gasteiger partial charge on any atom is 0.407 e. The van der Waals surface area contributed by atoms with Gasteiger partial charge in [-0.15, -0.1) is 0 Å². The van der Waals surface area contributed by atoms with Gasteiger partial charge in [0.1, 0.15) is 6.07 Å². The van der Waals surface area contributed by atoms with Crippen molar-refractivity contribution in [1.82, 2.24) is 25.3 Å². The van der Waals surface area contributed by atoms with Crippen LogP contribution in [0.5, 0.6) is 0 Å². The molecule has 11 heteroatoms. The van der Waals surface area contributed by atoms with Gasteiger partial charge in [0, 0.05) is 43.4 Å². The summed E-state index contributed by atoms with van der Waals surface area (Å²) in [6.45, 7) is 15.4. The maximum atomic E-state index is 12.6. The van der Waals surface area contributed by atoms with Crippen LogP contribution in [0.25, 0.3) is 11.1 Å². The number of hydrogen-bond donors (Lipinski definition) is 2. The van der Waals surface area contributed by atoms with Crippen molar-refractivity contribution in [2.45, 2.75) is 66.5 Å². The first-order valence-corrected chi connectivity index (χ1v) is 13.6. The third-order valence-electron chi connectivity index (χ3n) is 7.35. The van der Waals surface area contributed by atoms with Crippen molar-refractivity contribution in [2.75, 3.05) is 24.5 Å². The van der Waals surface area contributed by atoms with Gasteiger partial charge in [-0.05, 0) is 29.0 Å². The van der Waals surface area contributed by atoms with Crippen LogP contribution in [0.3, 0.4) is 0 Å². The Balaban J connectivity index is 1.59. The predicted molar refractivity (Wildman–Crippen MR) is 153 cm³/mol. The smallest absolute Gasteiger partial charge is 0.407 e. The number of aryl methyl sites for hydroxylation is 1. The van der Waals surface area contributed by atoms with E-state index in [-0.39, 0.29) is 29.2 Å². The Kier molecular flexibility index (Phi) is 8.06. The van der Waals surface area contributed by atoms with Crippen molar-refractivity contribution in [1.29, 1.82) is 5.26 Å². The number of nitrogens with zero attached hydrogens (tertiary/aromatic N) is 6. The van der Waals surface area contributed by atoms with Gasteiger partial charge in [-0.3, -0.25) is 9.78 Å². The van der Waals surface area contributed by atoms with Gasteiger partial charge in [-0.1, -0.05) is 64.9 Å². The van der Waals surface area contributed by atoms with E-state index in [0.29, 0.717) is 31.1 Å². The molecule has 2 amide bonds. The van der Waals surface area contributed by atoms with Crippen molar-refractivity contribution < 1.29 is 19.2 Å². The van der Waals surface area contributed by atoms with Crippen LogP contribution in [-0.4, -0.2) is 62.8 Å². The quantitative estimate of drug-likeness (QED) is 0.451. The number of carbonyl (C=O) groups is 2. The molecule has 0 bridgehead atoms. The lowest BCUT2D eigenvalue weighted by Gasteiger charge is -2.47. The van der Waals surface area contributed by atoms with Crippen molar-refractivity contribution in [2.24, 2.45) is 5.41 Å². The summed E-state index contributed by atoms with van der Waals surface area (Å²) in [4.78, 5) is 36.8. The van der Waals surface area contributed by atoms with Gasteiger partial charge in [-0.25, -0.2) is 4.79 Å². The molecule has 0 spiro atoms. The molecule has 11 nitrogen and oxygen atoms in total. The molecule has 2 N–H and O–H groups in total. The molecule has 0 radical (unpaired) electrons. The summed E-state index contributed by atoms with van der Waals surface area (Å²) in [5.74, 6) is -0.0477.